The molecule has 0 aromatic heterocycles. The summed E-state index contributed by atoms with van der Waals surface area (Å²) in [6, 6.07) is 5.45. The smallest absolute Gasteiger partial charge is 0.0638 e. The number of anilines is 1. The molecule has 1 aromatic rings. The number of ether oxygens (including phenoxy) is 1. The summed E-state index contributed by atoms with van der Waals surface area (Å²) in [7, 11) is 0. The van der Waals surface area contributed by atoms with Gasteiger partial charge in [0.1, 0.15) is 0 Å². The maximum atomic E-state index is 6.06. The molecule has 1 N–H and O–H groups in total. The molecule has 3 nitrogen and oxygen atoms in total. The van der Waals surface area contributed by atoms with E-state index in [0.29, 0.717) is 10.0 Å². The van der Waals surface area contributed by atoms with E-state index in [1.165, 1.54) is 0 Å². The normalized spacial score (nSPS) is 17.1. The number of hydrogen-bond donors (Lipinski definition) is 1. The Kier molecular flexibility index (Phi) is 4.92. The van der Waals surface area contributed by atoms with Gasteiger partial charge in [-0.1, -0.05) is 23.2 Å². The molecular formula is C12H16Cl2N2O. The van der Waals surface area contributed by atoms with Gasteiger partial charge in [-0.2, -0.15) is 0 Å². The number of morpholine rings is 1. The van der Waals surface area contributed by atoms with E-state index in [9.17, 15) is 0 Å². The Bertz CT molecular complexity index is 368. The van der Waals surface area contributed by atoms with Crippen molar-refractivity contribution in [3.63, 3.8) is 0 Å². The number of benzene rings is 1. The maximum absolute atomic E-state index is 6.06. The van der Waals surface area contributed by atoms with Crippen LogP contribution in [0, 0.1) is 0 Å². The van der Waals surface area contributed by atoms with Gasteiger partial charge in [0, 0.05) is 31.2 Å². The molecule has 17 heavy (non-hydrogen) atoms. The van der Waals surface area contributed by atoms with Gasteiger partial charge in [0.15, 0.2) is 0 Å². The van der Waals surface area contributed by atoms with E-state index in [4.69, 9.17) is 27.9 Å². The van der Waals surface area contributed by atoms with E-state index in [0.717, 1.165) is 45.1 Å². The second kappa shape index (κ2) is 6.45. The lowest BCUT2D eigenvalue weighted by Gasteiger charge is -2.26. The highest BCUT2D eigenvalue weighted by atomic mass is 35.5. The lowest BCUT2D eigenvalue weighted by Crippen LogP contribution is -2.39. The minimum atomic E-state index is 0.697. The Hall–Kier alpha value is -0.480. The van der Waals surface area contributed by atoms with Gasteiger partial charge < -0.3 is 10.1 Å². The fourth-order valence-corrected chi connectivity index (χ4v) is 2.16. The highest BCUT2D eigenvalue weighted by molar-refractivity contribution is 6.35. The van der Waals surface area contributed by atoms with E-state index in [-0.39, 0.29) is 0 Å². The van der Waals surface area contributed by atoms with Gasteiger partial charge in [0.05, 0.1) is 23.9 Å². The molecule has 1 heterocycles. The highest BCUT2D eigenvalue weighted by Crippen LogP contribution is 2.25. The predicted molar refractivity (Wildman–Crippen MR) is 72.2 cm³/mol. The third-order valence-electron chi connectivity index (χ3n) is 2.78. The second-order valence-corrected chi connectivity index (χ2v) is 4.85. The first-order valence-electron chi connectivity index (χ1n) is 5.75. The summed E-state index contributed by atoms with van der Waals surface area (Å²) >= 11 is 12.0. The van der Waals surface area contributed by atoms with Gasteiger partial charge in [0.2, 0.25) is 0 Å². The topological polar surface area (TPSA) is 24.5 Å². The molecule has 1 saturated heterocycles. The second-order valence-electron chi connectivity index (χ2n) is 4.00. The van der Waals surface area contributed by atoms with Crippen molar-refractivity contribution in [2.45, 2.75) is 0 Å². The Morgan fingerprint density at radius 1 is 1.24 bits per heavy atom. The fraction of sp³-hybridized carbons (Fsp3) is 0.500. The van der Waals surface area contributed by atoms with Gasteiger partial charge in [-0.05, 0) is 18.2 Å². The molecule has 2 rings (SSSR count). The van der Waals surface area contributed by atoms with Crippen LogP contribution in [0.4, 0.5) is 5.69 Å². The molecule has 94 valence electrons. The summed E-state index contributed by atoms with van der Waals surface area (Å²) in [5, 5.41) is 4.70. The molecule has 0 saturated carbocycles. The van der Waals surface area contributed by atoms with Gasteiger partial charge in [-0.25, -0.2) is 0 Å². The molecule has 1 aliphatic rings. The zero-order valence-corrected chi connectivity index (χ0v) is 11.1. The van der Waals surface area contributed by atoms with Gasteiger partial charge in [-0.3, -0.25) is 4.90 Å². The summed E-state index contributed by atoms with van der Waals surface area (Å²) in [6.45, 7) is 5.53. The van der Waals surface area contributed by atoms with Crippen LogP contribution in [-0.2, 0) is 4.74 Å². The average molecular weight is 275 g/mol. The van der Waals surface area contributed by atoms with Crippen LogP contribution in [0.5, 0.6) is 0 Å². The fourth-order valence-electron chi connectivity index (χ4n) is 1.81. The predicted octanol–water partition coefficient (Wildman–Crippen LogP) is 2.74. The Morgan fingerprint density at radius 3 is 2.76 bits per heavy atom. The van der Waals surface area contributed by atoms with E-state index in [1.54, 1.807) is 12.1 Å². The molecule has 0 amide bonds. The van der Waals surface area contributed by atoms with Crippen molar-refractivity contribution in [3.05, 3.63) is 28.2 Å². The van der Waals surface area contributed by atoms with E-state index < -0.39 is 0 Å². The lowest BCUT2D eigenvalue weighted by molar-refractivity contribution is 0.0398. The molecule has 1 fully saturated rings. The summed E-state index contributed by atoms with van der Waals surface area (Å²) < 4.78 is 5.30. The summed E-state index contributed by atoms with van der Waals surface area (Å²) in [5.74, 6) is 0. The first-order chi connectivity index (χ1) is 8.25. The van der Waals surface area contributed by atoms with Gasteiger partial charge >= 0.3 is 0 Å². The highest BCUT2D eigenvalue weighted by Gasteiger charge is 2.09. The molecule has 5 heteroatoms. The Morgan fingerprint density at radius 2 is 2.00 bits per heavy atom. The van der Waals surface area contributed by atoms with Crippen molar-refractivity contribution in [2.75, 3.05) is 44.7 Å². The summed E-state index contributed by atoms with van der Waals surface area (Å²) in [5.41, 5.74) is 0.896. The van der Waals surface area contributed by atoms with Crippen LogP contribution in [0.1, 0.15) is 0 Å². The molecule has 0 atom stereocenters. The van der Waals surface area contributed by atoms with E-state index in [1.807, 2.05) is 6.07 Å². The molecule has 0 bridgehead atoms. The molecule has 0 unspecified atom stereocenters. The molecular weight excluding hydrogens is 259 g/mol. The Balaban J connectivity index is 1.79. The zero-order chi connectivity index (χ0) is 12.1. The summed E-state index contributed by atoms with van der Waals surface area (Å²) in [6.07, 6.45) is 0. The molecule has 1 aromatic carbocycles. The minimum absolute atomic E-state index is 0.697. The largest absolute Gasteiger partial charge is 0.383 e. The van der Waals surface area contributed by atoms with Crippen LogP contribution in [-0.4, -0.2) is 44.3 Å². The number of nitrogens with zero attached hydrogens (tertiary/aromatic N) is 1. The quantitative estimate of drug-likeness (QED) is 0.914. The maximum Gasteiger partial charge on any atom is 0.0638 e. The van der Waals surface area contributed by atoms with Crippen molar-refractivity contribution in [2.24, 2.45) is 0 Å². The van der Waals surface area contributed by atoms with E-state index >= 15 is 0 Å². The minimum Gasteiger partial charge on any atom is -0.383 e. The lowest BCUT2D eigenvalue weighted by atomic mass is 10.3. The first kappa shape index (κ1) is 13.0. The van der Waals surface area contributed by atoms with Gasteiger partial charge in [-0.15, -0.1) is 0 Å². The number of hydrogen-bond acceptors (Lipinski definition) is 3. The van der Waals surface area contributed by atoms with Crippen molar-refractivity contribution in [3.8, 4) is 0 Å². The van der Waals surface area contributed by atoms with Crippen LogP contribution in [0.2, 0.25) is 10.0 Å². The van der Waals surface area contributed by atoms with Gasteiger partial charge in [0.25, 0.3) is 0 Å². The summed E-state index contributed by atoms with van der Waals surface area (Å²) in [4.78, 5) is 2.37. The van der Waals surface area contributed by atoms with Crippen molar-refractivity contribution in [1.29, 1.82) is 0 Å². The Labute approximate surface area is 112 Å². The van der Waals surface area contributed by atoms with Crippen LogP contribution < -0.4 is 5.32 Å². The van der Waals surface area contributed by atoms with Crippen LogP contribution in [0.15, 0.2) is 18.2 Å². The number of halogens is 2. The first-order valence-corrected chi connectivity index (χ1v) is 6.50. The van der Waals surface area contributed by atoms with Crippen molar-refractivity contribution < 1.29 is 4.74 Å². The zero-order valence-electron chi connectivity index (χ0n) is 9.59. The third kappa shape index (κ3) is 4.03. The van der Waals surface area contributed by atoms with Crippen molar-refractivity contribution in [1.82, 2.24) is 4.90 Å². The van der Waals surface area contributed by atoms with Crippen molar-refractivity contribution >= 4 is 28.9 Å². The van der Waals surface area contributed by atoms with E-state index in [2.05, 4.69) is 10.2 Å². The monoisotopic (exact) mass is 274 g/mol. The SMILES string of the molecule is Clc1ccc(Cl)c(NCCN2CCOCC2)c1. The molecule has 1 aliphatic heterocycles. The van der Waals surface area contributed by atoms with Crippen LogP contribution >= 0.6 is 23.2 Å². The molecule has 0 spiro atoms. The number of rotatable bonds is 4. The molecule has 0 radical (unpaired) electrons. The standard InChI is InChI=1S/C12H16Cl2N2O/c13-10-1-2-11(14)12(9-10)15-3-4-16-5-7-17-8-6-16/h1-2,9,15H,3-8H2. The third-order valence-corrected chi connectivity index (χ3v) is 3.34. The average Bonchev–Trinajstić information content (AvgIpc) is 2.35. The van der Waals surface area contributed by atoms with Crippen LogP contribution in [0.3, 0.4) is 0 Å². The van der Waals surface area contributed by atoms with Crippen LogP contribution in [0.25, 0.3) is 0 Å². The number of nitrogens with one attached hydrogen (secondary N) is 1. The molecule has 0 aliphatic carbocycles.